The van der Waals surface area contributed by atoms with Crippen LogP contribution < -0.4 is 21.7 Å². The van der Waals surface area contributed by atoms with Crippen molar-refractivity contribution in [2.45, 2.75) is 39.3 Å². The van der Waals surface area contributed by atoms with E-state index in [1.54, 1.807) is 6.07 Å². The summed E-state index contributed by atoms with van der Waals surface area (Å²) < 4.78 is 0. The highest BCUT2D eigenvalue weighted by atomic mass is 35.5. The zero-order chi connectivity index (χ0) is 18.9. The third kappa shape index (κ3) is 8.57. The van der Waals surface area contributed by atoms with Crippen molar-refractivity contribution in [1.82, 2.24) is 5.32 Å². The van der Waals surface area contributed by atoms with E-state index in [4.69, 9.17) is 5.73 Å². The highest BCUT2D eigenvalue weighted by molar-refractivity contribution is 5.99. The van der Waals surface area contributed by atoms with Crippen LogP contribution in [0.5, 0.6) is 0 Å². The van der Waals surface area contributed by atoms with Crippen molar-refractivity contribution in [1.29, 1.82) is 0 Å². The van der Waals surface area contributed by atoms with Crippen LogP contribution in [0.3, 0.4) is 0 Å². The molecule has 0 aromatic heterocycles. The number of carbonyl (C=O) groups is 2. The summed E-state index contributed by atoms with van der Waals surface area (Å²) in [6.07, 6.45) is 1.07. The number of nitrogens with two attached hydrogens (primary N) is 1. The van der Waals surface area contributed by atoms with Crippen molar-refractivity contribution in [3.8, 4) is 0 Å². The summed E-state index contributed by atoms with van der Waals surface area (Å²) in [5, 5.41) is 8.45. The van der Waals surface area contributed by atoms with Gasteiger partial charge in [0.15, 0.2) is 0 Å². The number of anilines is 2. The minimum atomic E-state index is -0.311. The second kappa shape index (κ2) is 11.2. The Kier molecular flexibility index (Phi) is 9.33. The first-order valence-corrected chi connectivity index (χ1v) is 8.68. The van der Waals surface area contributed by atoms with E-state index in [1.807, 2.05) is 56.3 Å². The molecular weight excluding hydrogens is 364 g/mol. The molecule has 1 unspecified atom stereocenters. The normalized spacial score (nSPS) is 11.1. The van der Waals surface area contributed by atoms with Gasteiger partial charge in [-0.05, 0) is 55.7 Å². The van der Waals surface area contributed by atoms with E-state index in [-0.39, 0.29) is 30.4 Å². The van der Waals surface area contributed by atoms with Gasteiger partial charge in [0.05, 0.1) is 0 Å². The Morgan fingerprint density at radius 2 is 1.67 bits per heavy atom. The SMILES string of the molecule is Cc1cccc(NC(=O)Nc2cccc(CNC(=O)CCC(C)N)c2)c1.Cl. The average molecular weight is 391 g/mol. The number of halogens is 1. The molecule has 6 nitrogen and oxygen atoms in total. The molecule has 0 aliphatic heterocycles. The first-order chi connectivity index (χ1) is 12.4. The summed E-state index contributed by atoms with van der Waals surface area (Å²) in [5.74, 6) is -0.0298. The third-order valence-corrected chi connectivity index (χ3v) is 3.78. The zero-order valence-corrected chi connectivity index (χ0v) is 16.4. The van der Waals surface area contributed by atoms with Crippen molar-refractivity contribution < 1.29 is 9.59 Å². The summed E-state index contributed by atoms with van der Waals surface area (Å²) in [4.78, 5) is 23.9. The van der Waals surface area contributed by atoms with Gasteiger partial charge in [0, 0.05) is 30.4 Å². The quantitative estimate of drug-likeness (QED) is 0.578. The van der Waals surface area contributed by atoms with E-state index in [2.05, 4.69) is 16.0 Å². The van der Waals surface area contributed by atoms with Gasteiger partial charge in [0.2, 0.25) is 5.91 Å². The molecule has 2 aromatic carbocycles. The van der Waals surface area contributed by atoms with Crippen LogP contribution in [-0.4, -0.2) is 18.0 Å². The molecule has 146 valence electrons. The van der Waals surface area contributed by atoms with Crippen molar-refractivity contribution in [3.63, 3.8) is 0 Å². The smallest absolute Gasteiger partial charge is 0.323 e. The van der Waals surface area contributed by atoms with Gasteiger partial charge in [0.1, 0.15) is 0 Å². The lowest BCUT2D eigenvalue weighted by atomic mass is 10.1. The molecule has 0 heterocycles. The minimum Gasteiger partial charge on any atom is -0.352 e. The van der Waals surface area contributed by atoms with Gasteiger partial charge < -0.3 is 21.7 Å². The number of hydrogen-bond acceptors (Lipinski definition) is 3. The molecule has 0 spiro atoms. The van der Waals surface area contributed by atoms with Crippen LogP contribution in [0.1, 0.15) is 30.9 Å². The molecule has 0 radical (unpaired) electrons. The fraction of sp³-hybridized carbons (Fsp3) is 0.300. The van der Waals surface area contributed by atoms with Crippen LogP contribution in [0.25, 0.3) is 0 Å². The zero-order valence-electron chi connectivity index (χ0n) is 15.6. The van der Waals surface area contributed by atoms with E-state index < -0.39 is 0 Å². The molecule has 2 aromatic rings. The molecule has 0 fully saturated rings. The molecule has 0 saturated carbocycles. The molecule has 0 saturated heterocycles. The Morgan fingerprint density at radius 1 is 1.04 bits per heavy atom. The van der Waals surface area contributed by atoms with Crippen LogP contribution >= 0.6 is 12.4 Å². The molecule has 0 aliphatic carbocycles. The highest BCUT2D eigenvalue weighted by Gasteiger charge is 2.06. The van der Waals surface area contributed by atoms with Gasteiger partial charge in [0.25, 0.3) is 0 Å². The van der Waals surface area contributed by atoms with E-state index >= 15 is 0 Å². The second-order valence-corrected chi connectivity index (χ2v) is 6.44. The van der Waals surface area contributed by atoms with Crippen LogP contribution in [0.2, 0.25) is 0 Å². The Balaban J connectivity index is 0.00000364. The van der Waals surface area contributed by atoms with E-state index in [9.17, 15) is 9.59 Å². The number of rotatable bonds is 7. The molecule has 0 bridgehead atoms. The van der Waals surface area contributed by atoms with Crippen molar-refractivity contribution in [3.05, 3.63) is 59.7 Å². The number of nitrogens with one attached hydrogen (secondary N) is 3. The summed E-state index contributed by atoms with van der Waals surface area (Å²) in [7, 11) is 0. The van der Waals surface area contributed by atoms with Gasteiger partial charge >= 0.3 is 6.03 Å². The number of benzene rings is 2. The maximum atomic E-state index is 12.1. The first kappa shape index (κ1) is 22.5. The molecule has 1 atom stereocenters. The summed E-state index contributed by atoms with van der Waals surface area (Å²) in [5.41, 5.74) is 9.04. The monoisotopic (exact) mass is 390 g/mol. The Bertz CT molecular complexity index is 765. The lowest BCUT2D eigenvalue weighted by Gasteiger charge is -2.10. The Hall–Kier alpha value is -2.57. The van der Waals surface area contributed by atoms with Crippen molar-refractivity contribution in [2.75, 3.05) is 10.6 Å². The minimum absolute atomic E-state index is 0. The van der Waals surface area contributed by atoms with Gasteiger partial charge in [-0.25, -0.2) is 4.79 Å². The van der Waals surface area contributed by atoms with Crippen LogP contribution in [0.15, 0.2) is 48.5 Å². The van der Waals surface area contributed by atoms with Crippen molar-refractivity contribution >= 4 is 35.7 Å². The molecule has 5 N–H and O–H groups in total. The Morgan fingerprint density at radius 3 is 2.30 bits per heavy atom. The maximum absolute atomic E-state index is 12.1. The number of aryl methyl sites for hydroxylation is 1. The third-order valence-electron chi connectivity index (χ3n) is 3.78. The highest BCUT2D eigenvalue weighted by Crippen LogP contribution is 2.13. The number of amides is 3. The molecule has 0 aliphatic rings. The van der Waals surface area contributed by atoms with E-state index in [0.717, 1.165) is 16.8 Å². The number of carbonyl (C=O) groups excluding carboxylic acids is 2. The van der Waals surface area contributed by atoms with Gasteiger partial charge in [-0.1, -0.05) is 24.3 Å². The van der Waals surface area contributed by atoms with Gasteiger partial charge in [-0.3, -0.25) is 4.79 Å². The lowest BCUT2D eigenvalue weighted by Crippen LogP contribution is -2.25. The number of urea groups is 1. The molecule has 27 heavy (non-hydrogen) atoms. The molecule has 2 rings (SSSR count). The first-order valence-electron chi connectivity index (χ1n) is 8.68. The summed E-state index contributed by atoms with van der Waals surface area (Å²) in [6, 6.07) is 14.7. The number of hydrogen-bond donors (Lipinski definition) is 4. The van der Waals surface area contributed by atoms with E-state index in [1.165, 1.54) is 0 Å². The second-order valence-electron chi connectivity index (χ2n) is 6.44. The van der Waals surface area contributed by atoms with E-state index in [0.29, 0.717) is 25.1 Å². The standard InChI is InChI=1S/C20H26N4O2.ClH/c1-14-5-3-7-17(11-14)23-20(26)24-18-8-4-6-16(12-18)13-22-19(25)10-9-15(2)21;/h3-8,11-12,15H,9-10,13,21H2,1-2H3,(H,22,25)(H2,23,24,26);1H. The Labute approximate surface area is 166 Å². The largest absolute Gasteiger partial charge is 0.352 e. The topological polar surface area (TPSA) is 96.2 Å². The fourth-order valence-electron chi connectivity index (χ4n) is 2.42. The molecule has 7 heteroatoms. The van der Waals surface area contributed by atoms with Crippen molar-refractivity contribution in [2.24, 2.45) is 5.73 Å². The lowest BCUT2D eigenvalue weighted by molar-refractivity contribution is -0.121. The van der Waals surface area contributed by atoms with Crippen LogP contribution in [0, 0.1) is 6.92 Å². The van der Waals surface area contributed by atoms with Crippen LogP contribution in [-0.2, 0) is 11.3 Å². The summed E-state index contributed by atoms with van der Waals surface area (Å²) in [6.45, 7) is 4.26. The van der Waals surface area contributed by atoms with Crippen LogP contribution in [0.4, 0.5) is 16.2 Å². The fourth-order valence-corrected chi connectivity index (χ4v) is 2.42. The molecular formula is C20H27ClN4O2. The van der Waals surface area contributed by atoms with Gasteiger partial charge in [-0.15, -0.1) is 12.4 Å². The predicted molar refractivity (Wildman–Crippen MR) is 112 cm³/mol. The average Bonchev–Trinajstić information content (AvgIpc) is 2.58. The van der Waals surface area contributed by atoms with Gasteiger partial charge in [-0.2, -0.15) is 0 Å². The predicted octanol–water partition coefficient (Wildman–Crippen LogP) is 3.80. The molecule has 3 amide bonds. The summed E-state index contributed by atoms with van der Waals surface area (Å²) >= 11 is 0. The maximum Gasteiger partial charge on any atom is 0.323 e.